The first kappa shape index (κ1) is 16.2. The first-order chi connectivity index (χ1) is 9.22. The van der Waals surface area contributed by atoms with Crippen molar-refractivity contribution in [1.82, 2.24) is 0 Å². The third-order valence-corrected chi connectivity index (χ3v) is 4.81. The van der Waals surface area contributed by atoms with Crippen molar-refractivity contribution in [2.75, 3.05) is 7.11 Å². The van der Waals surface area contributed by atoms with Crippen LogP contribution in [0.25, 0.3) is 0 Å². The van der Waals surface area contributed by atoms with Crippen LogP contribution in [0.3, 0.4) is 0 Å². The van der Waals surface area contributed by atoms with Gasteiger partial charge in [-0.25, -0.2) is 0 Å². The van der Waals surface area contributed by atoms with Crippen LogP contribution >= 0.6 is 0 Å². The molecule has 4 atom stereocenters. The molecule has 2 aliphatic rings. The number of hydrogen-bond donors (Lipinski definition) is 0. The molecule has 2 aliphatic heterocycles. The van der Waals surface area contributed by atoms with E-state index in [4.69, 9.17) is 18.9 Å². The lowest BCUT2D eigenvalue weighted by Crippen LogP contribution is -2.30. The van der Waals surface area contributed by atoms with Crippen molar-refractivity contribution in [3.8, 4) is 0 Å². The fraction of sp³-hybridized carbons (Fsp3) is 0.867. The van der Waals surface area contributed by atoms with Crippen molar-refractivity contribution in [3.63, 3.8) is 0 Å². The standard InChI is InChI=1S/C15H28O4Si/c1-15(2)18-12-11(9-7-8-10-20(4,5)6)17-14(16-3)13(12)19-15/h8,10-14H,7,9H2,1-6H3/b10-8+. The van der Waals surface area contributed by atoms with Crippen molar-refractivity contribution in [1.29, 1.82) is 0 Å². The molecule has 0 saturated carbocycles. The van der Waals surface area contributed by atoms with Gasteiger partial charge in [0.15, 0.2) is 12.1 Å². The molecule has 4 unspecified atom stereocenters. The van der Waals surface area contributed by atoms with Gasteiger partial charge in [-0.05, 0) is 26.7 Å². The van der Waals surface area contributed by atoms with Crippen LogP contribution in [0, 0.1) is 0 Å². The van der Waals surface area contributed by atoms with Crippen LogP contribution in [0.15, 0.2) is 11.8 Å². The lowest BCUT2D eigenvalue weighted by atomic mass is 10.1. The summed E-state index contributed by atoms with van der Waals surface area (Å²) < 4.78 is 23.1. The number of rotatable bonds is 5. The van der Waals surface area contributed by atoms with Crippen LogP contribution in [0.2, 0.25) is 19.6 Å². The highest BCUT2D eigenvalue weighted by atomic mass is 28.3. The van der Waals surface area contributed by atoms with Gasteiger partial charge in [-0.2, -0.15) is 0 Å². The minimum absolute atomic E-state index is 0.0183. The Morgan fingerprint density at radius 3 is 2.40 bits per heavy atom. The first-order valence-corrected chi connectivity index (χ1v) is 11.0. The molecular weight excluding hydrogens is 272 g/mol. The predicted molar refractivity (Wildman–Crippen MR) is 81.2 cm³/mol. The molecular formula is C15H28O4Si. The second-order valence-electron chi connectivity index (χ2n) is 7.19. The van der Waals surface area contributed by atoms with E-state index < -0.39 is 13.9 Å². The van der Waals surface area contributed by atoms with Gasteiger partial charge in [-0.1, -0.05) is 31.4 Å². The normalized spacial score (nSPS) is 36.7. The van der Waals surface area contributed by atoms with Crippen molar-refractivity contribution < 1.29 is 18.9 Å². The Hall–Kier alpha value is -0.203. The summed E-state index contributed by atoms with van der Waals surface area (Å²) in [6.45, 7) is 10.9. The highest BCUT2D eigenvalue weighted by Gasteiger charge is 2.55. The van der Waals surface area contributed by atoms with Crippen molar-refractivity contribution >= 4 is 8.07 Å². The Labute approximate surface area is 123 Å². The molecule has 0 spiro atoms. The van der Waals surface area contributed by atoms with Crippen molar-refractivity contribution in [2.45, 2.75) is 76.7 Å². The molecule has 0 aromatic carbocycles. The Morgan fingerprint density at radius 1 is 1.15 bits per heavy atom. The maximum Gasteiger partial charge on any atom is 0.186 e. The van der Waals surface area contributed by atoms with Gasteiger partial charge in [0.1, 0.15) is 12.2 Å². The zero-order chi connectivity index (χ0) is 15.0. The SMILES string of the molecule is COC1OC(CC/C=C/[Si](C)(C)C)C2OC(C)(C)OC12. The molecule has 0 aromatic rings. The summed E-state index contributed by atoms with van der Waals surface area (Å²) in [6.07, 6.45) is 3.85. The third kappa shape index (κ3) is 3.92. The summed E-state index contributed by atoms with van der Waals surface area (Å²) in [6, 6.07) is 0. The van der Waals surface area contributed by atoms with E-state index in [0.29, 0.717) is 0 Å². The smallest absolute Gasteiger partial charge is 0.186 e. The zero-order valence-corrected chi connectivity index (χ0v) is 14.5. The quantitative estimate of drug-likeness (QED) is 0.731. The van der Waals surface area contributed by atoms with Crippen LogP contribution in [-0.4, -0.2) is 45.6 Å². The van der Waals surface area contributed by atoms with E-state index in [0.717, 1.165) is 12.8 Å². The molecule has 0 aliphatic carbocycles. The lowest BCUT2D eigenvalue weighted by molar-refractivity contribution is -0.227. The summed E-state index contributed by atoms with van der Waals surface area (Å²) in [5, 5.41) is 0. The molecule has 0 N–H and O–H groups in total. The topological polar surface area (TPSA) is 36.9 Å². The molecule has 2 fully saturated rings. The van der Waals surface area contributed by atoms with E-state index in [1.165, 1.54) is 0 Å². The van der Waals surface area contributed by atoms with E-state index >= 15 is 0 Å². The summed E-state index contributed by atoms with van der Waals surface area (Å²) in [5.41, 5.74) is 2.38. The van der Waals surface area contributed by atoms with Gasteiger partial charge >= 0.3 is 0 Å². The third-order valence-electron chi connectivity index (χ3n) is 3.58. The molecule has 0 bridgehead atoms. The molecule has 2 heterocycles. The van der Waals surface area contributed by atoms with E-state index in [-0.39, 0.29) is 24.6 Å². The average Bonchev–Trinajstić information content (AvgIpc) is 2.77. The van der Waals surface area contributed by atoms with Crippen LogP contribution in [0.5, 0.6) is 0 Å². The molecule has 20 heavy (non-hydrogen) atoms. The van der Waals surface area contributed by atoms with Crippen molar-refractivity contribution in [3.05, 3.63) is 11.8 Å². The summed E-state index contributed by atoms with van der Waals surface area (Å²) in [5.74, 6) is -0.539. The molecule has 0 amide bonds. The van der Waals surface area contributed by atoms with E-state index in [2.05, 4.69) is 31.4 Å². The van der Waals surface area contributed by atoms with Gasteiger partial charge in [0.2, 0.25) is 0 Å². The molecule has 5 heteroatoms. The van der Waals surface area contributed by atoms with E-state index in [1.54, 1.807) is 7.11 Å². The van der Waals surface area contributed by atoms with Crippen LogP contribution in [-0.2, 0) is 18.9 Å². The molecule has 2 saturated heterocycles. The number of methoxy groups -OCH3 is 1. The molecule has 0 aromatic heterocycles. The fourth-order valence-electron chi connectivity index (χ4n) is 2.76. The minimum Gasteiger partial charge on any atom is -0.353 e. The molecule has 116 valence electrons. The second kappa shape index (κ2) is 5.89. The summed E-state index contributed by atoms with van der Waals surface area (Å²) in [4.78, 5) is 0. The number of allylic oxidation sites excluding steroid dienone is 1. The van der Waals surface area contributed by atoms with E-state index in [9.17, 15) is 0 Å². The Bertz CT molecular complexity index is 361. The predicted octanol–water partition coefficient (Wildman–Crippen LogP) is 3.09. The van der Waals surface area contributed by atoms with Gasteiger partial charge in [-0.15, -0.1) is 0 Å². The Balaban J connectivity index is 1.91. The lowest BCUT2D eigenvalue weighted by Gasteiger charge is -2.23. The van der Waals surface area contributed by atoms with Gasteiger partial charge < -0.3 is 18.9 Å². The minimum atomic E-state index is -1.11. The summed E-state index contributed by atoms with van der Waals surface area (Å²) >= 11 is 0. The Kier molecular flexibility index (Phi) is 4.76. The Morgan fingerprint density at radius 2 is 1.80 bits per heavy atom. The van der Waals surface area contributed by atoms with Gasteiger partial charge in [0.25, 0.3) is 0 Å². The fourth-order valence-corrected chi connectivity index (χ4v) is 3.64. The maximum absolute atomic E-state index is 5.97. The van der Waals surface area contributed by atoms with Gasteiger partial charge in [0, 0.05) is 7.11 Å². The maximum atomic E-state index is 5.97. The van der Waals surface area contributed by atoms with Gasteiger partial charge in [0.05, 0.1) is 14.2 Å². The highest BCUT2D eigenvalue weighted by molar-refractivity contribution is 6.80. The zero-order valence-electron chi connectivity index (χ0n) is 13.5. The monoisotopic (exact) mass is 300 g/mol. The van der Waals surface area contributed by atoms with Crippen LogP contribution in [0.4, 0.5) is 0 Å². The molecule has 2 rings (SSSR count). The highest BCUT2D eigenvalue weighted by Crippen LogP contribution is 2.40. The van der Waals surface area contributed by atoms with Crippen LogP contribution < -0.4 is 0 Å². The first-order valence-electron chi connectivity index (χ1n) is 7.43. The van der Waals surface area contributed by atoms with Crippen LogP contribution in [0.1, 0.15) is 26.7 Å². The molecule has 0 radical (unpaired) electrons. The molecule has 4 nitrogen and oxygen atoms in total. The summed E-state index contributed by atoms with van der Waals surface area (Å²) in [7, 11) is 0.551. The van der Waals surface area contributed by atoms with Gasteiger partial charge in [-0.3, -0.25) is 0 Å². The number of hydrogen-bond acceptors (Lipinski definition) is 4. The largest absolute Gasteiger partial charge is 0.353 e. The van der Waals surface area contributed by atoms with E-state index in [1.807, 2.05) is 13.8 Å². The number of ether oxygens (including phenoxy) is 4. The average molecular weight is 300 g/mol. The second-order valence-corrected chi connectivity index (χ2v) is 12.3. The number of fused-ring (bicyclic) bond motifs is 1. The van der Waals surface area contributed by atoms with Crippen molar-refractivity contribution in [2.24, 2.45) is 0 Å².